The lowest BCUT2D eigenvalue weighted by Gasteiger charge is -2.33. The number of amides is 1. The Morgan fingerprint density at radius 3 is 2.72 bits per heavy atom. The number of nitriles is 1. The number of nitrogens with zero attached hydrogens (tertiary/aromatic N) is 5. The average Bonchev–Trinajstić information content (AvgIpc) is 2.39. The number of carbonyl (C=O) groups is 1. The molecule has 1 fully saturated rings. The average molecular weight is 266 g/mol. The predicted octanol–water partition coefficient (Wildman–Crippen LogP) is 0.411. The van der Waals surface area contributed by atoms with E-state index in [9.17, 15) is 4.79 Å². The summed E-state index contributed by atoms with van der Waals surface area (Å²) in [5.74, 6) is -0.165. The zero-order valence-corrected chi connectivity index (χ0v) is 10.5. The van der Waals surface area contributed by atoms with Crippen molar-refractivity contribution in [2.24, 2.45) is 0 Å². The van der Waals surface area contributed by atoms with Gasteiger partial charge < -0.3 is 4.90 Å². The van der Waals surface area contributed by atoms with Gasteiger partial charge in [0.25, 0.3) is 5.91 Å². The van der Waals surface area contributed by atoms with E-state index in [1.807, 2.05) is 4.90 Å². The van der Waals surface area contributed by atoms with Crippen LogP contribution in [0.5, 0.6) is 0 Å². The number of hydrogen-bond donors (Lipinski definition) is 0. The highest BCUT2D eigenvalue weighted by Crippen LogP contribution is 2.08. The number of hydrogen-bond acceptors (Lipinski definition) is 5. The molecule has 7 heteroatoms. The molecule has 2 rings (SSSR count). The quantitative estimate of drug-likeness (QED) is 0.724. The molecule has 94 valence electrons. The Morgan fingerprint density at radius 1 is 1.39 bits per heavy atom. The molecule has 2 heterocycles. The topological polar surface area (TPSA) is 73.1 Å². The second-order valence-electron chi connectivity index (χ2n) is 3.95. The fraction of sp³-hybridized carbons (Fsp3) is 0.455. The molecule has 18 heavy (non-hydrogen) atoms. The largest absolute Gasteiger partial charge is 0.335 e. The molecule has 1 saturated heterocycles. The van der Waals surface area contributed by atoms with Crippen LogP contribution in [0, 0.1) is 11.3 Å². The Hall–Kier alpha value is -1.71. The molecule has 0 saturated carbocycles. The third-order valence-electron chi connectivity index (χ3n) is 2.78. The predicted molar refractivity (Wildman–Crippen MR) is 65.0 cm³/mol. The maximum Gasteiger partial charge on any atom is 0.274 e. The maximum absolute atomic E-state index is 12.1. The van der Waals surface area contributed by atoms with E-state index < -0.39 is 0 Å². The van der Waals surface area contributed by atoms with Crippen LogP contribution in [0.2, 0.25) is 5.15 Å². The van der Waals surface area contributed by atoms with E-state index >= 15 is 0 Å². The normalized spacial score (nSPS) is 16.3. The van der Waals surface area contributed by atoms with Crippen LogP contribution in [0.1, 0.15) is 10.5 Å². The summed E-state index contributed by atoms with van der Waals surface area (Å²) < 4.78 is 0. The minimum Gasteiger partial charge on any atom is -0.335 e. The number of carbonyl (C=O) groups excluding carboxylic acids is 1. The summed E-state index contributed by atoms with van der Waals surface area (Å²) in [4.78, 5) is 23.6. The van der Waals surface area contributed by atoms with Gasteiger partial charge in [0.05, 0.1) is 25.0 Å². The lowest BCUT2D eigenvalue weighted by molar-refractivity contribution is 0.0645. The molecule has 6 nitrogen and oxygen atoms in total. The summed E-state index contributed by atoms with van der Waals surface area (Å²) in [6, 6.07) is 2.10. The van der Waals surface area contributed by atoms with Gasteiger partial charge in [-0.25, -0.2) is 4.98 Å². The van der Waals surface area contributed by atoms with Gasteiger partial charge in [0, 0.05) is 26.2 Å². The first-order valence-electron chi connectivity index (χ1n) is 5.57. The summed E-state index contributed by atoms with van der Waals surface area (Å²) in [6.07, 6.45) is 2.80. The fourth-order valence-electron chi connectivity index (χ4n) is 1.82. The van der Waals surface area contributed by atoms with E-state index in [1.165, 1.54) is 12.4 Å². The molecule has 1 amide bonds. The summed E-state index contributed by atoms with van der Waals surface area (Å²) in [7, 11) is 0. The summed E-state index contributed by atoms with van der Waals surface area (Å²) >= 11 is 5.70. The summed E-state index contributed by atoms with van der Waals surface area (Å²) in [5.41, 5.74) is 0.260. The van der Waals surface area contributed by atoms with Crippen LogP contribution >= 0.6 is 11.6 Å². The van der Waals surface area contributed by atoms with E-state index in [4.69, 9.17) is 16.9 Å². The van der Waals surface area contributed by atoms with Crippen molar-refractivity contribution >= 4 is 17.5 Å². The second-order valence-corrected chi connectivity index (χ2v) is 4.34. The Labute approximate surface area is 110 Å². The molecule has 1 aliphatic rings. The van der Waals surface area contributed by atoms with Crippen molar-refractivity contribution in [3.63, 3.8) is 0 Å². The van der Waals surface area contributed by atoms with Crippen molar-refractivity contribution in [2.45, 2.75) is 0 Å². The number of aromatic nitrogens is 2. The van der Waals surface area contributed by atoms with Crippen LogP contribution in [0.15, 0.2) is 12.4 Å². The lowest BCUT2D eigenvalue weighted by Crippen LogP contribution is -2.48. The molecule has 1 aliphatic heterocycles. The fourth-order valence-corrected chi connectivity index (χ4v) is 1.96. The Morgan fingerprint density at radius 2 is 2.11 bits per heavy atom. The zero-order valence-electron chi connectivity index (χ0n) is 9.71. The molecule has 0 spiro atoms. The second kappa shape index (κ2) is 5.76. The van der Waals surface area contributed by atoms with E-state index in [0.29, 0.717) is 32.7 Å². The van der Waals surface area contributed by atoms with E-state index in [1.54, 1.807) is 4.90 Å². The number of piperazine rings is 1. The summed E-state index contributed by atoms with van der Waals surface area (Å²) in [6.45, 7) is 2.99. The monoisotopic (exact) mass is 265 g/mol. The standard InChI is InChI=1S/C11H12ClN5O/c12-10-8-14-7-9(15-10)11(18)17-5-3-16(2-1-13)4-6-17/h7-8H,2-6H2. The first kappa shape index (κ1) is 12.7. The Balaban J connectivity index is 1.98. The lowest BCUT2D eigenvalue weighted by atomic mass is 10.3. The van der Waals surface area contributed by atoms with Gasteiger partial charge in [-0.2, -0.15) is 5.26 Å². The molecule has 0 radical (unpaired) electrons. The van der Waals surface area contributed by atoms with Crippen LogP contribution in [-0.2, 0) is 0 Å². The van der Waals surface area contributed by atoms with E-state index in [0.717, 1.165) is 0 Å². The third kappa shape index (κ3) is 2.94. The molecule has 0 atom stereocenters. The first-order chi connectivity index (χ1) is 8.70. The van der Waals surface area contributed by atoms with Gasteiger partial charge in [0.15, 0.2) is 0 Å². The molecule has 0 bridgehead atoms. The van der Waals surface area contributed by atoms with Crippen molar-refractivity contribution in [3.8, 4) is 6.07 Å². The van der Waals surface area contributed by atoms with Crippen LogP contribution in [-0.4, -0.2) is 58.4 Å². The van der Waals surface area contributed by atoms with Crippen molar-refractivity contribution in [1.82, 2.24) is 19.8 Å². The minimum absolute atomic E-state index is 0.165. The Bertz CT molecular complexity index is 479. The maximum atomic E-state index is 12.1. The van der Waals surface area contributed by atoms with Gasteiger partial charge in [0.1, 0.15) is 10.8 Å². The molecule has 0 unspecified atom stereocenters. The van der Waals surface area contributed by atoms with Gasteiger partial charge in [-0.3, -0.25) is 14.7 Å². The van der Waals surface area contributed by atoms with Crippen LogP contribution < -0.4 is 0 Å². The van der Waals surface area contributed by atoms with Crippen LogP contribution in [0.3, 0.4) is 0 Å². The number of halogens is 1. The molecule has 0 aliphatic carbocycles. The first-order valence-corrected chi connectivity index (χ1v) is 5.94. The smallest absolute Gasteiger partial charge is 0.274 e. The molecule has 1 aromatic rings. The highest BCUT2D eigenvalue weighted by atomic mass is 35.5. The SMILES string of the molecule is N#CCN1CCN(C(=O)c2cncc(Cl)n2)CC1. The van der Waals surface area contributed by atoms with E-state index in [-0.39, 0.29) is 16.8 Å². The van der Waals surface area contributed by atoms with Crippen LogP contribution in [0.4, 0.5) is 0 Å². The highest BCUT2D eigenvalue weighted by Gasteiger charge is 2.22. The molecule has 0 aromatic carbocycles. The van der Waals surface area contributed by atoms with Gasteiger partial charge in [-0.05, 0) is 0 Å². The summed E-state index contributed by atoms with van der Waals surface area (Å²) in [5, 5.41) is 8.81. The minimum atomic E-state index is -0.165. The molecular formula is C11H12ClN5O. The molecule has 0 N–H and O–H groups in total. The van der Waals surface area contributed by atoms with Gasteiger partial charge in [0.2, 0.25) is 0 Å². The van der Waals surface area contributed by atoms with Gasteiger partial charge >= 0.3 is 0 Å². The van der Waals surface area contributed by atoms with Gasteiger partial charge in [-0.1, -0.05) is 11.6 Å². The Kier molecular flexibility index (Phi) is 4.07. The zero-order chi connectivity index (χ0) is 13.0. The molecule has 1 aromatic heterocycles. The van der Waals surface area contributed by atoms with Crippen molar-refractivity contribution in [2.75, 3.05) is 32.7 Å². The molecular weight excluding hydrogens is 254 g/mol. The van der Waals surface area contributed by atoms with Crippen molar-refractivity contribution in [3.05, 3.63) is 23.2 Å². The van der Waals surface area contributed by atoms with E-state index in [2.05, 4.69) is 16.0 Å². The van der Waals surface area contributed by atoms with Crippen molar-refractivity contribution < 1.29 is 4.79 Å². The highest BCUT2D eigenvalue weighted by molar-refractivity contribution is 6.29. The number of rotatable bonds is 2. The van der Waals surface area contributed by atoms with Crippen molar-refractivity contribution in [1.29, 1.82) is 5.26 Å². The third-order valence-corrected chi connectivity index (χ3v) is 2.96. The van der Waals surface area contributed by atoms with Gasteiger partial charge in [-0.15, -0.1) is 0 Å². The van der Waals surface area contributed by atoms with Crippen LogP contribution in [0.25, 0.3) is 0 Å².